The zero-order valence-corrected chi connectivity index (χ0v) is 11.5. The zero-order valence-electron chi connectivity index (χ0n) is 9.89. The van der Waals surface area contributed by atoms with Crippen LogP contribution in [0.15, 0.2) is 40.3 Å². The van der Waals surface area contributed by atoms with E-state index in [-0.39, 0.29) is 5.03 Å². The predicted octanol–water partition coefficient (Wildman–Crippen LogP) is 3.29. The molecule has 1 heterocycles. The van der Waals surface area contributed by atoms with E-state index in [0.717, 1.165) is 11.3 Å². The summed E-state index contributed by atoms with van der Waals surface area (Å²) in [6.07, 6.45) is -0.649. The smallest absolute Gasteiger partial charge is 0.353 e. The summed E-state index contributed by atoms with van der Waals surface area (Å²) < 4.78 is 10.4. The van der Waals surface area contributed by atoms with E-state index in [4.69, 9.17) is 21.1 Å². The molecule has 0 aromatic heterocycles. The standard InChI is InChI=1S/C13H13ClO3S/c1-2-16-13-11(10(14)12(15)17-13)18-8-9-6-4-3-5-7-9/h3-7,13H,2,8H2,1H3. The van der Waals surface area contributed by atoms with Gasteiger partial charge in [-0.15, -0.1) is 11.8 Å². The Bertz CT molecular complexity index is 459. The molecule has 18 heavy (non-hydrogen) atoms. The van der Waals surface area contributed by atoms with Crippen molar-refractivity contribution in [3.8, 4) is 0 Å². The van der Waals surface area contributed by atoms with E-state index in [1.54, 1.807) is 0 Å². The van der Waals surface area contributed by atoms with Crippen molar-refractivity contribution >= 4 is 29.3 Å². The molecule has 5 heteroatoms. The molecule has 0 spiro atoms. The molecule has 0 bridgehead atoms. The molecule has 1 atom stereocenters. The summed E-state index contributed by atoms with van der Waals surface area (Å²) in [5, 5.41) is 0.134. The van der Waals surface area contributed by atoms with Crippen molar-refractivity contribution in [1.29, 1.82) is 0 Å². The number of hydrogen-bond acceptors (Lipinski definition) is 4. The van der Waals surface area contributed by atoms with Crippen LogP contribution in [0.1, 0.15) is 12.5 Å². The monoisotopic (exact) mass is 284 g/mol. The number of cyclic esters (lactones) is 1. The van der Waals surface area contributed by atoms with Crippen molar-refractivity contribution in [3.05, 3.63) is 45.8 Å². The molecule has 1 aliphatic rings. The molecule has 1 aliphatic heterocycles. The molecular formula is C13H13ClO3S. The SMILES string of the molecule is CCOC1OC(=O)C(Cl)=C1SCc1ccccc1. The van der Waals surface area contributed by atoms with E-state index in [2.05, 4.69) is 0 Å². The van der Waals surface area contributed by atoms with Crippen LogP contribution >= 0.6 is 23.4 Å². The first-order chi connectivity index (χ1) is 8.72. The van der Waals surface area contributed by atoms with E-state index in [1.165, 1.54) is 11.8 Å². The Balaban J connectivity index is 2.04. The van der Waals surface area contributed by atoms with Crippen LogP contribution in [0.3, 0.4) is 0 Å². The number of hydrogen-bond donors (Lipinski definition) is 0. The van der Waals surface area contributed by atoms with Gasteiger partial charge in [0.15, 0.2) is 0 Å². The van der Waals surface area contributed by atoms with Gasteiger partial charge in [-0.05, 0) is 12.5 Å². The molecule has 2 rings (SSSR count). The normalized spacial score (nSPS) is 19.2. The fourth-order valence-electron chi connectivity index (χ4n) is 1.53. The van der Waals surface area contributed by atoms with Gasteiger partial charge in [-0.25, -0.2) is 4.79 Å². The first-order valence-corrected chi connectivity index (χ1v) is 6.97. The molecule has 0 saturated heterocycles. The third kappa shape index (κ3) is 3.07. The summed E-state index contributed by atoms with van der Waals surface area (Å²) in [6, 6.07) is 9.96. The van der Waals surface area contributed by atoms with Crippen LogP contribution in [0.4, 0.5) is 0 Å². The van der Waals surface area contributed by atoms with E-state index in [0.29, 0.717) is 11.5 Å². The van der Waals surface area contributed by atoms with Crippen LogP contribution < -0.4 is 0 Å². The molecule has 3 nitrogen and oxygen atoms in total. The molecule has 1 aromatic rings. The number of esters is 1. The fraction of sp³-hybridized carbons (Fsp3) is 0.308. The highest BCUT2D eigenvalue weighted by molar-refractivity contribution is 8.02. The summed E-state index contributed by atoms with van der Waals surface area (Å²) in [6.45, 7) is 2.32. The second-order valence-electron chi connectivity index (χ2n) is 3.65. The zero-order chi connectivity index (χ0) is 13.0. The van der Waals surface area contributed by atoms with Crippen LogP contribution in [0.5, 0.6) is 0 Å². The van der Waals surface area contributed by atoms with Gasteiger partial charge in [0.2, 0.25) is 6.29 Å². The molecule has 1 unspecified atom stereocenters. The van der Waals surface area contributed by atoms with E-state index in [1.807, 2.05) is 37.3 Å². The Morgan fingerprint density at radius 3 is 2.78 bits per heavy atom. The quantitative estimate of drug-likeness (QED) is 0.777. The average molecular weight is 285 g/mol. The molecule has 0 N–H and O–H groups in total. The van der Waals surface area contributed by atoms with Gasteiger partial charge in [0, 0.05) is 12.4 Å². The number of ether oxygens (including phenoxy) is 2. The lowest BCUT2D eigenvalue weighted by Crippen LogP contribution is -2.15. The van der Waals surface area contributed by atoms with Crippen LogP contribution in [0.2, 0.25) is 0 Å². The second kappa shape index (κ2) is 6.27. The highest BCUT2D eigenvalue weighted by Crippen LogP contribution is 2.36. The Hall–Kier alpha value is -0.970. The van der Waals surface area contributed by atoms with Crippen molar-refractivity contribution in [3.63, 3.8) is 0 Å². The van der Waals surface area contributed by atoms with Crippen LogP contribution in [-0.4, -0.2) is 18.9 Å². The van der Waals surface area contributed by atoms with Crippen LogP contribution in [0, 0.1) is 0 Å². The van der Waals surface area contributed by atoms with Gasteiger partial charge in [0.1, 0.15) is 5.03 Å². The highest BCUT2D eigenvalue weighted by Gasteiger charge is 2.33. The average Bonchev–Trinajstić information content (AvgIpc) is 2.65. The number of carbonyl (C=O) groups excluding carboxylic acids is 1. The summed E-state index contributed by atoms with van der Waals surface area (Å²) in [5.41, 5.74) is 1.16. The Morgan fingerprint density at radius 2 is 2.11 bits per heavy atom. The number of thioether (sulfide) groups is 1. The van der Waals surface area contributed by atoms with Gasteiger partial charge in [-0.3, -0.25) is 0 Å². The maximum Gasteiger partial charge on any atom is 0.353 e. The molecule has 0 aliphatic carbocycles. The van der Waals surface area contributed by atoms with E-state index < -0.39 is 12.3 Å². The third-order valence-electron chi connectivity index (χ3n) is 2.38. The highest BCUT2D eigenvalue weighted by atomic mass is 35.5. The summed E-state index contributed by atoms with van der Waals surface area (Å²) in [7, 11) is 0. The Labute approximate surface area is 115 Å². The summed E-state index contributed by atoms with van der Waals surface area (Å²) >= 11 is 7.40. The lowest BCUT2D eigenvalue weighted by molar-refractivity contribution is -0.157. The third-order valence-corrected chi connectivity index (χ3v) is 4.03. The molecular weight excluding hydrogens is 272 g/mol. The first-order valence-electron chi connectivity index (χ1n) is 5.61. The molecule has 1 aromatic carbocycles. The van der Waals surface area contributed by atoms with Crippen molar-refractivity contribution in [2.75, 3.05) is 6.61 Å². The minimum Gasteiger partial charge on any atom is -0.426 e. The molecule has 0 fully saturated rings. The first kappa shape index (κ1) is 13.5. The maximum absolute atomic E-state index is 11.4. The summed E-state index contributed by atoms with van der Waals surface area (Å²) in [4.78, 5) is 12.0. The predicted molar refractivity (Wildman–Crippen MR) is 72.1 cm³/mol. The van der Waals surface area contributed by atoms with Crippen molar-refractivity contribution in [2.24, 2.45) is 0 Å². The minimum absolute atomic E-state index is 0.134. The van der Waals surface area contributed by atoms with Gasteiger partial charge in [0.05, 0.1) is 4.91 Å². The van der Waals surface area contributed by atoms with Gasteiger partial charge in [0.25, 0.3) is 0 Å². The van der Waals surface area contributed by atoms with E-state index in [9.17, 15) is 4.79 Å². The fourth-order valence-corrected chi connectivity index (χ4v) is 2.81. The van der Waals surface area contributed by atoms with Crippen molar-refractivity contribution in [1.82, 2.24) is 0 Å². The van der Waals surface area contributed by atoms with Crippen LogP contribution in [-0.2, 0) is 20.0 Å². The molecule has 0 amide bonds. The molecule has 0 radical (unpaired) electrons. The number of rotatable bonds is 5. The van der Waals surface area contributed by atoms with Gasteiger partial charge >= 0.3 is 5.97 Å². The van der Waals surface area contributed by atoms with Crippen LogP contribution in [0.25, 0.3) is 0 Å². The van der Waals surface area contributed by atoms with E-state index >= 15 is 0 Å². The Kier molecular flexibility index (Phi) is 4.69. The van der Waals surface area contributed by atoms with Gasteiger partial charge in [-0.1, -0.05) is 41.9 Å². The Morgan fingerprint density at radius 1 is 1.39 bits per heavy atom. The molecule has 96 valence electrons. The summed E-state index contributed by atoms with van der Waals surface area (Å²) in [5.74, 6) is 0.220. The number of benzene rings is 1. The molecule has 0 saturated carbocycles. The van der Waals surface area contributed by atoms with Gasteiger partial charge in [-0.2, -0.15) is 0 Å². The van der Waals surface area contributed by atoms with Gasteiger partial charge < -0.3 is 9.47 Å². The second-order valence-corrected chi connectivity index (χ2v) is 5.04. The lowest BCUT2D eigenvalue weighted by Gasteiger charge is -2.13. The number of halogens is 1. The minimum atomic E-state index is -0.649. The lowest BCUT2D eigenvalue weighted by atomic mass is 10.2. The number of carbonyl (C=O) groups is 1. The maximum atomic E-state index is 11.4. The largest absolute Gasteiger partial charge is 0.426 e. The topological polar surface area (TPSA) is 35.5 Å². The van der Waals surface area contributed by atoms with Crippen molar-refractivity contribution < 1.29 is 14.3 Å². The van der Waals surface area contributed by atoms with Crippen molar-refractivity contribution in [2.45, 2.75) is 19.0 Å².